The van der Waals surface area contributed by atoms with Gasteiger partial charge >= 0.3 is 0 Å². The number of carbonyl (C=O) groups is 1. The summed E-state index contributed by atoms with van der Waals surface area (Å²) in [7, 11) is 0. The minimum Gasteiger partial charge on any atom is -0.288 e. The third-order valence-corrected chi connectivity index (χ3v) is 0.428. The molecule has 0 aliphatic rings. The summed E-state index contributed by atoms with van der Waals surface area (Å²) < 4.78 is 0. The first-order valence-electron chi connectivity index (χ1n) is 2.88. The first-order chi connectivity index (χ1) is 4.31. The van der Waals surface area contributed by atoms with E-state index in [2.05, 4.69) is 0 Å². The van der Waals surface area contributed by atoms with E-state index in [-0.39, 0.29) is 0 Å². The van der Waals surface area contributed by atoms with E-state index in [1.165, 1.54) is 17.6 Å². The lowest BCUT2D eigenvalue weighted by atomic mass is 10.5. The van der Waals surface area contributed by atoms with Gasteiger partial charge < -0.3 is 0 Å². The molecule has 0 aromatic rings. The molecule has 3 nitrogen and oxygen atoms in total. The Morgan fingerprint density at radius 1 is 1.56 bits per heavy atom. The highest BCUT2D eigenvalue weighted by atomic mass is 16.5. The smallest absolute Gasteiger partial charge is 0.267 e. The van der Waals surface area contributed by atoms with Crippen LogP contribution in [0.1, 0.15) is 20.8 Å². The number of allylic oxidation sites excluding steroid dienone is 1. The molecule has 0 aliphatic heterocycles. The van der Waals surface area contributed by atoms with Crippen molar-refractivity contribution in [2.24, 2.45) is 0 Å². The lowest BCUT2D eigenvalue weighted by Crippen LogP contribution is -2.14. The Morgan fingerprint density at radius 3 is 2.11 bits per heavy atom. The van der Waals surface area contributed by atoms with Crippen LogP contribution in [0.5, 0.6) is 0 Å². The van der Waals surface area contributed by atoms with Crippen molar-refractivity contribution in [3.05, 3.63) is 12.2 Å². The molecular formula is C6H13NO2. The summed E-state index contributed by atoms with van der Waals surface area (Å²) in [5.74, 6) is -0.498. The molecule has 0 spiro atoms. The van der Waals surface area contributed by atoms with Gasteiger partial charge in [-0.1, -0.05) is 19.9 Å². The van der Waals surface area contributed by atoms with Crippen LogP contribution in [0.3, 0.4) is 0 Å². The van der Waals surface area contributed by atoms with Crippen molar-refractivity contribution < 1.29 is 10.0 Å². The maximum absolute atomic E-state index is 9.96. The molecule has 0 saturated carbocycles. The van der Waals surface area contributed by atoms with Gasteiger partial charge in [-0.05, 0) is 6.92 Å². The number of hydroxylamine groups is 1. The number of carbonyl (C=O) groups excluding carboxylic acids is 1. The summed E-state index contributed by atoms with van der Waals surface area (Å²) in [6, 6.07) is 0. The fourth-order valence-electron chi connectivity index (χ4n) is 0.189. The predicted octanol–water partition coefficient (Wildman–Crippen LogP) is 1.09. The summed E-state index contributed by atoms with van der Waals surface area (Å²) in [4.78, 5) is 9.96. The molecule has 0 radical (unpaired) electrons. The van der Waals surface area contributed by atoms with Crippen LogP contribution in [0.25, 0.3) is 0 Å². The van der Waals surface area contributed by atoms with E-state index in [1.807, 2.05) is 13.8 Å². The van der Waals surface area contributed by atoms with E-state index >= 15 is 0 Å². The Balaban J connectivity index is 0. The summed E-state index contributed by atoms with van der Waals surface area (Å²) >= 11 is 0. The number of rotatable bonds is 1. The van der Waals surface area contributed by atoms with E-state index in [1.54, 1.807) is 6.92 Å². The fourth-order valence-corrected chi connectivity index (χ4v) is 0.189. The topological polar surface area (TPSA) is 49.3 Å². The first-order valence-corrected chi connectivity index (χ1v) is 2.88. The Morgan fingerprint density at radius 2 is 2.00 bits per heavy atom. The van der Waals surface area contributed by atoms with E-state index in [0.717, 1.165) is 0 Å². The van der Waals surface area contributed by atoms with Gasteiger partial charge in [0, 0.05) is 6.08 Å². The van der Waals surface area contributed by atoms with E-state index in [9.17, 15) is 4.79 Å². The molecule has 0 aromatic carbocycles. The number of nitrogens with one attached hydrogen (secondary N) is 1. The minimum absolute atomic E-state index is 0.498. The third-order valence-electron chi connectivity index (χ3n) is 0.428. The number of hydrogen-bond acceptors (Lipinski definition) is 2. The molecule has 3 heteroatoms. The summed E-state index contributed by atoms with van der Waals surface area (Å²) in [6.07, 6.45) is 2.76. The molecule has 0 saturated heterocycles. The quantitative estimate of drug-likeness (QED) is 0.318. The molecule has 0 rings (SSSR count). The third kappa shape index (κ3) is 11.0. The predicted molar refractivity (Wildman–Crippen MR) is 36.1 cm³/mol. The summed E-state index contributed by atoms with van der Waals surface area (Å²) in [5.41, 5.74) is 1.44. The van der Waals surface area contributed by atoms with Crippen molar-refractivity contribution in [3.63, 3.8) is 0 Å². The average Bonchev–Trinajstić information content (AvgIpc) is 1.93. The summed E-state index contributed by atoms with van der Waals surface area (Å²) in [6.45, 7) is 5.69. The van der Waals surface area contributed by atoms with Crippen molar-refractivity contribution in [3.8, 4) is 0 Å². The van der Waals surface area contributed by atoms with Gasteiger partial charge in [0.1, 0.15) is 0 Å². The second-order valence-corrected chi connectivity index (χ2v) is 0.976. The van der Waals surface area contributed by atoms with Gasteiger partial charge in [-0.15, -0.1) is 0 Å². The molecule has 0 fully saturated rings. The molecule has 1 amide bonds. The van der Waals surface area contributed by atoms with E-state index in [0.29, 0.717) is 0 Å². The second kappa shape index (κ2) is 10.2. The molecule has 0 aromatic heterocycles. The molecule has 0 heterocycles. The van der Waals surface area contributed by atoms with Gasteiger partial charge in [0.15, 0.2) is 0 Å². The van der Waals surface area contributed by atoms with Crippen LogP contribution in [0.4, 0.5) is 0 Å². The van der Waals surface area contributed by atoms with E-state index < -0.39 is 5.91 Å². The summed E-state index contributed by atoms with van der Waals surface area (Å²) in [5, 5.41) is 7.82. The molecule has 9 heavy (non-hydrogen) atoms. The highest BCUT2D eigenvalue weighted by Crippen LogP contribution is 1.66. The lowest BCUT2D eigenvalue weighted by Gasteiger charge is -1.83. The van der Waals surface area contributed by atoms with Crippen molar-refractivity contribution in [1.29, 1.82) is 0 Å². The largest absolute Gasteiger partial charge is 0.288 e. The van der Waals surface area contributed by atoms with Crippen molar-refractivity contribution in [1.82, 2.24) is 5.48 Å². The van der Waals surface area contributed by atoms with Crippen LogP contribution in [0.2, 0.25) is 0 Å². The maximum Gasteiger partial charge on any atom is 0.267 e. The molecule has 0 unspecified atom stereocenters. The van der Waals surface area contributed by atoms with Gasteiger partial charge in [0.25, 0.3) is 5.91 Å². The Labute approximate surface area is 55.3 Å². The zero-order valence-electron chi connectivity index (χ0n) is 6.01. The Bertz CT molecular complexity index is 89.1. The highest BCUT2D eigenvalue weighted by molar-refractivity contribution is 5.86. The second-order valence-electron chi connectivity index (χ2n) is 0.976. The van der Waals surface area contributed by atoms with Crippen LogP contribution in [0.15, 0.2) is 12.2 Å². The van der Waals surface area contributed by atoms with E-state index in [4.69, 9.17) is 5.21 Å². The molecule has 0 atom stereocenters. The molecule has 54 valence electrons. The van der Waals surface area contributed by atoms with Crippen LogP contribution in [0, 0.1) is 0 Å². The zero-order valence-corrected chi connectivity index (χ0v) is 6.01. The lowest BCUT2D eigenvalue weighted by molar-refractivity contribution is -0.124. The van der Waals surface area contributed by atoms with Gasteiger partial charge in [-0.2, -0.15) is 0 Å². The van der Waals surface area contributed by atoms with Crippen LogP contribution < -0.4 is 5.48 Å². The SMILES string of the molecule is C/C=C/C(=O)NO.CC. The minimum atomic E-state index is -0.498. The zero-order chi connectivity index (χ0) is 7.70. The van der Waals surface area contributed by atoms with Gasteiger partial charge in [0.05, 0.1) is 0 Å². The number of amides is 1. The normalized spacial score (nSPS) is 8.00. The fraction of sp³-hybridized carbons (Fsp3) is 0.500. The van der Waals surface area contributed by atoms with Crippen LogP contribution >= 0.6 is 0 Å². The monoisotopic (exact) mass is 131 g/mol. The van der Waals surface area contributed by atoms with Gasteiger partial charge in [-0.25, -0.2) is 5.48 Å². The first kappa shape index (κ1) is 11.0. The Hall–Kier alpha value is -0.830. The van der Waals surface area contributed by atoms with Crippen molar-refractivity contribution in [2.75, 3.05) is 0 Å². The van der Waals surface area contributed by atoms with Gasteiger partial charge in [-0.3, -0.25) is 10.0 Å². The van der Waals surface area contributed by atoms with Crippen LogP contribution in [-0.4, -0.2) is 11.1 Å². The van der Waals surface area contributed by atoms with Crippen molar-refractivity contribution in [2.45, 2.75) is 20.8 Å². The molecule has 0 bridgehead atoms. The highest BCUT2D eigenvalue weighted by Gasteiger charge is 1.83. The molecule has 0 aliphatic carbocycles. The average molecular weight is 131 g/mol. The molecule has 2 N–H and O–H groups in total. The maximum atomic E-state index is 9.96. The standard InChI is InChI=1S/C4H7NO2.C2H6/c1-2-3-4(6)5-7;1-2/h2-3,7H,1H3,(H,5,6);1-2H3/b3-2+;. The number of hydrogen-bond donors (Lipinski definition) is 2. The van der Waals surface area contributed by atoms with Crippen molar-refractivity contribution >= 4 is 5.91 Å². The Kier molecular flexibility index (Phi) is 12.5. The van der Waals surface area contributed by atoms with Crippen LogP contribution in [-0.2, 0) is 4.79 Å². The van der Waals surface area contributed by atoms with Gasteiger partial charge in [0.2, 0.25) is 0 Å². The molecular weight excluding hydrogens is 118 g/mol.